The van der Waals surface area contributed by atoms with Crippen LogP contribution in [0.5, 0.6) is 11.5 Å². The van der Waals surface area contributed by atoms with Crippen LogP contribution in [0.2, 0.25) is 0 Å². The summed E-state index contributed by atoms with van der Waals surface area (Å²) in [6, 6.07) is 31.7. The molecule has 10 heteroatoms. The largest absolute Gasteiger partial charge is 0.457 e. The molecule has 0 bridgehead atoms. The van der Waals surface area contributed by atoms with Crippen molar-refractivity contribution in [3.63, 3.8) is 0 Å². The quantitative estimate of drug-likeness (QED) is 0.196. The van der Waals surface area contributed by atoms with Crippen LogP contribution in [0, 0.1) is 0 Å². The van der Waals surface area contributed by atoms with Gasteiger partial charge >= 0.3 is 0 Å². The van der Waals surface area contributed by atoms with Crippen molar-refractivity contribution in [2.24, 2.45) is 0 Å². The summed E-state index contributed by atoms with van der Waals surface area (Å²) in [7, 11) is -3.87. The fraction of sp³-hybridized carbons (Fsp3) is 0.212. The number of benzene rings is 4. The molecule has 43 heavy (non-hydrogen) atoms. The normalized spacial score (nSPS) is 11.8. The molecule has 1 N–H and O–H groups in total. The van der Waals surface area contributed by atoms with Gasteiger partial charge in [0, 0.05) is 24.0 Å². The van der Waals surface area contributed by atoms with E-state index in [2.05, 4.69) is 21.2 Å². The molecule has 4 aromatic rings. The van der Waals surface area contributed by atoms with E-state index in [9.17, 15) is 18.0 Å². The van der Waals surface area contributed by atoms with Crippen LogP contribution in [-0.2, 0) is 32.6 Å². The molecule has 0 spiro atoms. The Morgan fingerprint density at radius 1 is 0.814 bits per heavy atom. The molecule has 0 unspecified atom stereocenters. The lowest BCUT2D eigenvalue weighted by molar-refractivity contribution is -0.140. The number of likely N-dealkylation sites (N-methyl/N-ethyl adjacent to an activating group) is 1. The third kappa shape index (κ3) is 9.17. The van der Waals surface area contributed by atoms with Crippen molar-refractivity contribution in [3.05, 3.63) is 125 Å². The van der Waals surface area contributed by atoms with Gasteiger partial charge in [-0.15, -0.1) is 0 Å². The van der Waals surface area contributed by atoms with Crippen molar-refractivity contribution in [2.75, 3.05) is 23.7 Å². The molecule has 0 heterocycles. The highest BCUT2D eigenvalue weighted by atomic mass is 79.9. The summed E-state index contributed by atoms with van der Waals surface area (Å²) in [5.41, 5.74) is 1.98. The van der Waals surface area contributed by atoms with E-state index in [1.165, 1.54) is 4.90 Å². The molecule has 0 aliphatic rings. The van der Waals surface area contributed by atoms with Crippen LogP contribution in [-0.4, -0.2) is 50.5 Å². The highest BCUT2D eigenvalue weighted by molar-refractivity contribution is 9.10. The highest BCUT2D eigenvalue weighted by Gasteiger charge is 2.32. The van der Waals surface area contributed by atoms with Crippen LogP contribution in [0.4, 0.5) is 5.69 Å². The van der Waals surface area contributed by atoms with E-state index in [4.69, 9.17) is 4.74 Å². The summed E-state index contributed by atoms with van der Waals surface area (Å²) >= 11 is 3.43. The van der Waals surface area contributed by atoms with Gasteiger partial charge in [0.1, 0.15) is 24.1 Å². The first-order valence-electron chi connectivity index (χ1n) is 13.8. The van der Waals surface area contributed by atoms with E-state index in [1.54, 1.807) is 24.3 Å². The predicted molar refractivity (Wildman–Crippen MR) is 172 cm³/mol. The molecule has 0 aliphatic carbocycles. The zero-order valence-corrected chi connectivity index (χ0v) is 26.4. The Bertz CT molecular complexity index is 1600. The lowest BCUT2D eigenvalue weighted by atomic mass is 10.0. The molecular formula is C33H34BrN3O5S. The fourth-order valence-electron chi connectivity index (χ4n) is 4.55. The zero-order valence-electron chi connectivity index (χ0n) is 24.0. The summed E-state index contributed by atoms with van der Waals surface area (Å²) in [5, 5.41) is 2.85. The van der Waals surface area contributed by atoms with E-state index in [0.29, 0.717) is 23.7 Å². The van der Waals surface area contributed by atoms with Crippen molar-refractivity contribution < 1.29 is 22.7 Å². The van der Waals surface area contributed by atoms with Crippen LogP contribution in [0.15, 0.2) is 114 Å². The summed E-state index contributed by atoms with van der Waals surface area (Å²) in [5.74, 6) is 0.338. The molecule has 4 aromatic carbocycles. The highest BCUT2D eigenvalue weighted by Crippen LogP contribution is 2.26. The summed E-state index contributed by atoms with van der Waals surface area (Å²) in [6.07, 6.45) is 1.32. The number of hydrogen-bond donors (Lipinski definition) is 1. The average Bonchev–Trinajstić information content (AvgIpc) is 2.99. The maximum absolute atomic E-state index is 14.1. The summed E-state index contributed by atoms with van der Waals surface area (Å²) < 4.78 is 33.8. The number of ether oxygens (including phenoxy) is 1. The first kappa shape index (κ1) is 31.8. The van der Waals surface area contributed by atoms with Gasteiger partial charge in [-0.2, -0.15) is 0 Å². The van der Waals surface area contributed by atoms with Crippen molar-refractivity contribution in [1.82, 2.24) is 10.2 Å². The predicted octanol–water partition coefficient (Wildman–Crippen LogP) is 5.78. The van der Waals surface area contributed by atoms with Crippen molar-refractivity contribution in [1.29, 1.82) is 0 Å². The Morgan fingerprint density at radius 3 is 1.98 bits per heavy atom. The molecule has 0 aromatic heterocycles. The van der Waals surface area contributed by atoms with Crippen molar-refractivity contribution in [3.8, 4) is 11.5 Å². The second-order valence-electron chi connectivity index (χ2n) is 9.93. The summed E-state index contributed by atoms with van der Waals surface area (Å²) in [6.45, 7) is 1.83. The van der Waals surface area contributed by atoms with E-state index in [0.717, 1.165) is 26.2 Å². The molecule has 0 radical (unpaired) electrons. The molecule has 224 valence electrons. The number of sulfonamides is 1. The number of hydrogen-bond acceptors (Lipinski definition) is 5. The lowest BCUT2D eigenvalue weighted by Crippen LogP contribution is -2.53. The smallest absolute Gasteiger partial charge is 0.244 e. The SMILES string of the molecule is CCNC(=O)[C@@H](Cc1ccccc1)N(Cc1ccc(Br)cc1)C(=O)CN(c1ccc(Oc2ccccc2)cc1)S(C)(=O)=O. The first-order chi connectivity index (χ1) is 20.6. The molecular weight excluding hydrogens is 630 g/mol. The van der Waals surface area contributed by atoms with Crippen LogP contribution < -0.4 is 14.4 Å². The van der Waals surface area contributed by atoms with Gasteiger partial charge in [0.2, 0.25) is 21.8 Å². The Kier molecular flexibility index (Phi) is 11.0. The van der Waals surface area contributed by atoms with E-state index >= 15 is 0 Å². The minimum atomic E-state index is -3.87. The molecule has 0 saturated heterocycles. The Morgan fingerprint density at radius 2 is 1.40 bits per heavy atom. The second kappa shape index (κ2) is 14.8. The number of carbonyl (C=O) groups is 2. The molecule has 2 amide bonds. The van der Waals surface area contributed by atoms with Gasteiger partial charge in [0.05, 0.1) is 11.9 Å². The van der Waals surface area contributed by atoms with Crippen molar-refractivity contribution >= 4 is 43.5 Å². The Hall–Kier alpha value is -4.15. The molecule has 8 nitrogen and oxygen atoms in total. The van der Waals surface area contributed by atoms with Gasteiger partial charge < -0.3 is 15.0 Å². The van der Waals surface area contributed by atoms with Gasteiger partial charge in [-0.3, -0.25) is 13.9 Å². The third-order valence-electron chi connectivity index (χ3n) is 6.67. The first-order valence-corrected chi connectivity index (χ1v) is 16.4. The Balaban J connectivity index is 1.65. The molecule has 0 aliphatic heterocycles. The number of rotatable bonds is 13. The molecule has 0 saturated carbocycles. The third-order valence-corrected chi connectivity index (χ3v) is 8.34. The van der Waals surface area contributed by atoms with Crippen molar-refractivity contribution in [2.45, 2.75) is 25.9 Å². The van der Waals surface area contributed by atoms with Crippen LogP contribution in [0.1, 0.15) is 18.1 Å². The minimum absolute atomic E-state index is 0.113. The monoisotopic (exact) mass is 663 g/mol. The van der Waals surface area contributed by atoms with Gasteiger partial charge in [0.25, 0.3) is 0 Å². The van der Waals surface area contributed by atoms with Crippen LogP contribution in [0.25, 0.3) is 0 Å². The molecule has 1 atom stereocenters. The van der Waals surface area contributed by atoms with Gasteiger partial charge in [-0.1, -0.05) is 76.6 Å². The maximum atomic E-state index is 14.1. The standard InChI is InChI=1S/C33H34BrN3O5S/c1-3-35-33(39)31(22-25-10-6-4-7-11-25)36(23-26-14-16-27(34)17-15-26)32(38)24-37(43(2,40)41)28-18-20-30(21-19-28)42-29-12-8-5-9-13-29/h4-21,31H,3,22-24H2,1-2H3,(H,35,39)/t31-/m1/s1. The van der Waals surface area contributed by atoms with Crippen LogP contribution in [0.3, 0.4) is 0 Å². The van der Waals surface area contributed by atoms with E-state index < -0.39 is 28.5 Å². The molecule has 4 rings (SSSR count). The molecule has 0 fully saturated rings. The maximum Gasteiger partial charge on any atom is 0.244 e. The number of nitrogens with zero attached hydrogens (tertiary/aromatic N) is 2. The lowest BCUT2D eigenvalue weighted by Gasteiger charge is -2.33. The van der Waals surface area contributed by atoms with Gasteiger partial charge in [-0.05, 0) is 66.6 Å². The topological polar surface area (TPSA) is 96.0 Å². The zero-order chi connectivity index (χ0) is 30.8. The minimum Gasteiger partial charge on any atom is -0.457 e. The fourth-order valence-corrected chi connectivity index (χ4v) is 5.67. The van der Waals surface area contributed by atoms with E-state index in [1.807, 2.05) is 91.9 Å². The number of para-hydroxylation sites is 1. The van der Waals surface area contributed by atoms with Gasteiger partial charge in [0.15, 0.2) is 0 Å². The van der Waals surface area contributed by atoms with Crippen LogP contribution >= 0.6 is 15.9 Å². The number of amides is 2. The number of anilines is 1. The second-order valence-corrected chi connectivity index (χ2v) is 12.7. The van der Waals surface area contributed by atoms with E-state index in [-0.39, 0.29) is 18.9 Å². The number of nitrogens with one attached hydrogen (secondary N) is 1. The summed E-state index contributed by atoms with van der Waals surface area (Å²) in [4.78, 5) is 29.0. The Labute approximate surface area is 261 Å². The van der Waals surface area contributed by atoms with Gasteiger partial charge in [-0.25, -0.2) is 8.42 Å². The number of halogens is 1. The average molecular weight is 665 g/mol. The number of carbonyl (C=O) groups excluding carboxylic acids is 2.